The Morgan fingerprint density at radius 1 is 1.22 bits per heavy atom. The molecule has 94 valence electrons. The van der Waals surface area contributed by atoms with E-state index in [9.17, 15) is 13.2 Å². The van der Waals surface area contributed by atoms with Crippen molar-refractivity contribution in [2.24, 2.45) is 5.41 Å². The third-order valence-electron chi connectivity index (χ3n) is 2.94. The summed E-state index contributed by atoms with van der Waals surface area (Å²) >= 11 is 0. The second kappa shape index (κ2) is 4.46. The molecule has 0 amide bonds. The van der Waals surface area contributed by atoms with Crippen molar-refractivity contribution in [1.82, 2.24) is 5.32 Å². The summed E-state index contributed by atoms with van der Waals surface area (Å²) in [6, 6.07) is 7.07. The van der Waals surface area contributed by atoms with Crippen molar-refractivity contribution in [3.8, 4) is 6.07 Å². The van der Waals surface area contributed by atoms with Gasteiger partial charge in [0.1, 0.15) is 5.41 Å². The molecule has 0 aliphatic carbocycles. The van der Waals surface area contributed by atoms with Crippen LogP contribution in [-0.4, -0.2) is 13.1 Å². The smallest absolute Gasteiger partial charge is 0.313 e. The van der Waals surface area contributed by atoms with Gasteiger partial charge in [-0.1, -0.05) is 24.3 Å². The van der Waals surface area contributed by atoms with Crippen LogP contribution in [0.3, 0.4) is 0 Å². The van der Waals surface area contributed by atoms with Crippen LogP contribution in [0.15, 0.2) is 30.3 Å². The maximum atomic E-state index is 12.3. The first-order chi connectivity index (χ1) is 8.45. The second-order valence-electron chi connectivity index (χ2n) is 4.32. The van der Waals surface area contributed by atoms with Gasteiger partial charge in [-0.25, -0.2) is 0 Å². The van der Waals surface area contributed by atoms with Gasteiger partial charge in [-0.2, -0.15) is 18.4 Å². The van der Waals surface area contributed by atoms with Crippen LogP contribution in [-0.2, 0) is 6.18 Å². The average molecular weight is 252 g/mol. The Bertz CT molecular complexity index is 490. The molecule has 1 aliphatic rings. The minimum atomic E-state index is -4.31. The first-order valence-electron chi connectivity index (χ1n) is 5.44. The van der Waals surface area contributed by atoms with Gasteiger partial charge in [0.2, 0.25) is 0 Å². The van der Waals surface area contributed by atoms with E-state index in [0.29, 0.717) is 18.7 Å². The highest BCUT2D eigenvalue weighted by molar-refractivity contribution is 5.52. The molecule has 0 saturated carbocycles. The molecule has 1 heterocycles. The Hall–Kier alpha value is -1.80. The van der Waals surface area contributed by atoms with Crippen molar-refractivity contribution in [3.63, 3.8) is 0 Å². The highest BCUT2D eigenvalue weighted by Crippen LogP contribution is 2.29. The minimum absolute atomic E-state index is 0.511. The molecule has 1 N–H and O–H groups in total. The van der Waals surface area contributed by atoms with E-state index in [1.165, 1.54) is 12.1 Å². The zero-order chi connectivity index (χ0) is 13.2. The Morgan fingerprint density at radius 3 is 2.22 bits per heavy atom. The first kappa shape index (κ1) is 12.7. The first-order valence-corrected chi connectivity index (χ1v) is 5.44. The molecule has 0 radical (unpaired) electrons. The van der Waals surface area contributed by atoms with E-state index in [0.717, 1.165) is 12.1 Å². The van der Waals surface area contributed by atoms with Crippen LogP contribution in [0, 0.1) is 16.7 Å². The fourth-order valence-corrected chi connectivity index (χ4v) is 1.67. The minimum Gasteiger partial charge on any atom is -0.313 e. The monoisotopic (exact) mass is 252 g/mol. The van der Waals surface area contributed by atoms with Crippen molar-refractivity contribution in [2.45, 2.75) is 6.18 Å². The molecule has 18 heavy (non-hydrogen) atoms. The van der Waals surface area contributed by atoms with E-state index >= 15 is 0 Å². The lowest BCUT2D eigenvalue weighted by Crippen LogP contribution is -2.51. The van der Waals surface area contributed by atoms with Gasteiger partial charge in [-0.3, -0.25) is 0 Å². The molecule has 2 nitrogen and oxygen atoms in total. The van der Waals surface area contributed by atoms with Crippen molar-refractivity contribution in [2.75, 3.05) is 13.1 Å². The fraction of sp³-hybridized carbons (Fsp3) is 0.308. The van der Waals surface area contributed by atoms with Crippen LogP contribution in [0.25, 0.3) is 6.08 Å². The maximum absolute atomic E-state index is 12.3. The number of alkyl halides is 3. The number of hydrogen-bond acceptors (Lipinski definition) is 2. The predicted octanol–water partition coefficient (Wildman–Crippen LogP) is 2.83. The van der Waals surface area contributed by atoms with E-state index in [1.54, 1.807) is 12.2 Å². The highest BCUT2D eigenvalue weighted by atomic mass is 19.4. The van der Waals surface area contributed by atoms with Gasteiger partial charge in [0.05, 0.1) is 11.6 Å². The third-order valence-corrected chi connectivity index (χ3v) is 2.94. The maximum Gasteiger partial charge on any atom is 0.416 e. The van der Waals surface area contributed by atoms with E-state index in [2.05, 4.69) is 11.4 Å². The molecule has 0 atom stereocenters. The molecule has 0 spiro atoms. The van der Waals surface area contributed by atoms with E-state index in [-0.39, 0.29) is 0 Å². The SMILES string of the molecule is N#CC1(C=Cc2ccc(C(F)(F)F)cc2)CNC1. The topological polar surface area (TPSA) is 35.8 Å². The third kappa shape index (κ3) is 2.54. The van der Waals surface area contributed by atoms with Crippen molar-refractivity contribution in [1.29, 1.82) is 5.26 Å². The largest absolute Gasteiger partial charge is 0.416 e. The van der Waals surface area contributed by atoms with Crippen LogP contribution < -0.4 is 5.32 Å². The molecule has 2 rings (SSSR count). The Balaban J connectivity index is 2.12. The van der Waals surface area contributed by atoms with E-state index in [1.807, 2.05) is 0 Å². The Labute approximate surface area is 103 Å². The van der Waals surface area contributed by atoms with Gasteiger partial charge < -0.3 is 5.32 Å². The summed E-state index contributed by atoms with van der Waals surface area (Å²) in [5.41, 5.74) is -0.521. The summed E-state index contributed by atoms with van der Waals surface area (Å²) in [7, 11) is 0. The second-order valence-corrected chi connectivity index (χ2v) is 4.32. The van der Waals surface area contributed by atoms with E-state index in [4.69, 9.17) is 5.26 Å². The standard InChI is InChI=1S/C13H11F3N2/c14-13(15,16)11-3-1-10(2-4-11)5-6-12(7-17)8-18-9-12/h1-6,18H,8-9H2. The van der Waals surface area contributed by atoms with Crippen molar-refractivity contribution >= 4 is 6.08 Å². The van der Waals surface area contributed by atoms with Crippen LogP contribution in [0.4, 0.5) is 13.2 Å². The van der Waals surface area contributed by atoms with Gasteiger partial charge in [-0.05, 0) is 17.7 Å². The number of nitrogens with zero attached hydrogens (tertiary/aromatic N) is 1. The van der Waals surface area contributed by atoms with Gasteiger partial charge in [0.15, 0.2) is 0 Å². The number of hydrogen-bond donors (Lipinski definition) is 1. The predicted molar refractivity (Wildman–Crippen MR) is 61.4 cm³/mol. The molecular formula is C13H11F3N2. The van der Waals surface area contributed by atoms with Crippen LogP contribution in [0.1, 0.15) is 11.1 Å². The lowest BCUT2D eigenvalue weighted by atomic mass is 9.83. The highest BCUT2D eigenvalue weighted by Gasteiger charge is 2.34. The number of nitriles is 1. The normalized spacial score (nSPS) is 18.3. The fourth-order valence-electron chi connectivity index (χ4n) is 1.67. The molecular weight excluding hydrogens is 241 g/mol. The van der Waals surface area contributed by atoms with Gasteiger partial charge in [0.25, 0.3) is 0 Å². The summed E-state index contributed by atoms with van der Waals surface area (Å²) in [5.74, 6) is 0. The van der Waals surface area contributed by atoms with Crippen LogP contribution in [0.2, 0.25) is 0 Å². The number of benzene rings is 1. The van der Waals surface area contributed by atoms with Gasteiger partial charge >= 0.3 is 6.18 Å². The van der Waals surface area contributed by atoms with Crippen molar-refractivity contribution < 1.29 is 13.2 Å². The molecule has 1 aromatic rings. The lowest BCUT2D eigenvalue weighted by molar-refractivity contribution is -0.137. The molecule has 1 aromatic carbocycles. The van der Waals surface area contributed by atoms with Gasteiger partial charge in [0, 0.05) is 13.1 Å². The lowest BCUT2D eigenvalue weighted by Gasteiger charge is -2.33. The summed E-state index contributed by atoms with van der Waals surface area (Å²) in [4.78, 5) is 0. The summed E-state index contributed by atoms with van der Waals surface area (Å²) in [5, 5.41) is 12.0. The molecule has 1 fully saturated rings. The average Bonchev–Trinajstić information content (AvgIpc) is 2.28. The van der Waals surface area contributed by atoms with Crippen molar-refractivity contribution in [3.05, 3.63) is 41.5 Å². The quantitative estimate of drug-likeness (QED) is 0.878. The molecule has 1 aliphatic heterocycles. The molecule has 0 bridgehead atoms. The van der Waals surface area contributed by atoms with Crippen LogP contribution >= 0.6 is 0 Å². The number of rotatable bonds is 2. The summed E-state index contributed by atoms with van der Waals surface area (Å²) < 4.78 is 37.0. The van der Waals surface area contributed by atoms with Crippen LogP contribution in [0.5, 0.6) is 0 Å². The zero-order valence-electron chi connectivity index (χ0n) is 9.46. The summed E-state index contributed by atoms with van der Waals surface area (Å²) in [6.07, 6.45) is -0.885. The Kier molecular flexibility index (Phi) is 3.14. The molecule has 1 saturated heterocycles. The summed E-state index contributed by atoms with van der Waals surface area (Å²) in [6.45, 7) is 1.17. The number of halogens is 3. The number of nitrogens with one attached hydrogen (secondary N) is 1. The van der Waals surface area contributed by atoms with E-state index < -0.39 is 17.2 Å². The zero-order valence-corrected chi connectivity index (χ0v) is 9.46. The molecule has 0 unspecified atom stereocenters. The van der Waals surface area contributed by atoms with Gasteiger partial charge in [-0.15, -0.1) is 0 Å². The molecule has 5 heteroatoms. The Morgan fingerprint density at radius 2 is 1.83 bits per heavy atom. The molecule has 0 aromatic heterocycles.